The standard InChI is InChI=1S/C19H16BrN3O5S/c1-12(22)17(10-21)18(24)11-28-19(25)13-2-6-15(7-3-13)23-29(26,27)16-8-4-14(20)5-9-16/h2-9,23H,11,22H2,1H3/b17-12+. The molecule has 0 unspecified atom stereocenters. The molecule has 0 radical (unpaired) electrons. The van der Waals surface area contributed by atoms with Gasteiger partial charge in [0.1, 0.15) is 11.6 Å². The Bertz CT molecular complexity index is 1100. The number of hydrogen-bond acceptors (Lipinski definition) is 7. The smallest absolute Gasteiger partial charge is 0.338 e. The molecule has 2 rings (SSSR count). The van der Waals surface area contributed by atoms with E-state index >= 15 is 0 Å². The Labute approximate surface area is 176 Å². The third-order valence-electron chi connectivity index (χ3n) is 3.62. The van der Waals surface area contributed by atoms with Gasteiger partial charge < -0.3 is 10.5 Å². The second-order valence-corrected chi connectivity index (χ2v) is 8.40. The zero-order chi connectivity index (χ0) is 21.6. The molecule has 2 aromatic rings. The molecule has 10 heteroatoms. The van der Waals surface area contributed by atoms with Gasteiger partial charge in [0, 0.05) is 15.9 Å². The van der Waals surface area contributed by atoms with Gasteiger partial charge in [-0.15, -0.1) is 0 Å². The van der Waals surface area contributed by atoms with Crippen molar-refractivity contribution in [3.63, 3.8) is 0 Å². The molecule has 0 fully saturated rings. The summed E-state index contributed by atoms with van der Waals surface area (Å²) in [7, 11) is -3.78. The number of rotatable bonds is 7. The maximum atomic E-state index is 12.4. The molecule has 0 amide bonds. The van der Waals surface area contributed by atoms with Crippen molar-refractivity contribution < 1.29 is 22.7 Å². The molecular weight excluding hydrogens is 462 g/mol. The third-order valence-corrected chi connectivity index (χ3v) is 5.54. The number of anilines is 1. The molecule has 8 nitrogen and oxygen atoms in total. The van der Waals surface area contributed by atoms with Gasteiger partial charge >= 0.3 is 5.97 Å². The highest BCUT2D eigenvalue weighted by atomic mass is 79.9. The van der Waals surface area contributed by atoms with Crippen molar-refractivity contribution in [2.45, 2.75) is 11.8 Å². The van der Waals surface area contributed by atoms with Gasteiger partial charge in [-0.2, -0.15) is 5.26 Å². The fourth-order valence-electron chi connectivity index (χ4n) is 2.16. The summed E-state index contributed by atoms with van der Waals surface area (Å²) < 4.78 is 32.7. The number of allylic oxidation sites excluding steroid dienone is 1. The van der Waals surface area contributed by atoms with Crippen LogP contribution < -0.4 is 10.5 Å². The number of Topliss-reactive ketones (excluding diaryl/α,β-unsaturated/α-hetero) is 1. The fraction of sp³-hybridized carbons (Fsp3) is 0.105. The third kappa shape index (κ3) is 5.91. The van der Waals surface area contributed by atoms with Crippen LogP contribution in [0, 0.1) is 11.3 Å². The van der Waals surface area contributed by atoms with E-state index in [0.29, 0.717) is 0 Å². The van der Waals surface area contributed by atoms with Crippen LogP contribution in [0.5, 0.6) is 0 Å². The summed E-state index contributed by atoms with van der Waals surface area (Å²) in [6, 6.07) is 13.2. The molecule has 0 atom stereocenters. The SMILES string of the molecule is C/C(N)=C(/C#N)C(=O)COC(=O)c1ccc(NS(=O)(=O)c2ccc(Br)cc2)cc1. The van der Waals surface area contributed by atoms with Crippen LogP contribution in [-0.4, -0.2) is 26.8 Å². The molecule has 0 aliphatic heterocycles. The van der Waals surface area contributed by atoms with Crippen LogP contribution in [0.2, 0.25) is 0 Å². The fourth-order valence-corrected chi connectivity index (χ4v) is 3.48. The second-order valence-electron chi connectivity index (χ2n) is 5.81. The van der Waals surface area contributed by atoms with Gasteiger partial charge in [-0.3, -0.25) is 9.52 Å². The second kappa shape index (κ2) is 9.36. The summed E-state index contributed by atoms with van der Waals surface area (Å²) >= 11 is 3.24. The van der Waals surface area contributed by atoms with E-state index in [2.05, 4.69) is 20.7 Å². The number of halogens is 1. The number of nitriles is 1. The summed E-state index contributed by atoms with van der Waals surface area (Å²) in [5.41, 5.74) is 5.54. The lowest BCUT2D eigenvalue weighted by Gasteiger charge is -2.09. The monoisotopic (exact) mass is 477 g/mol. The zero-order valence-electron chi connectivity index (χ0n) is 15.2. The number of nitrogens with one attached hydrogen (secondary N) is 1. The van der Waals surface area contributed by atoms with Gasteiger partial charge in [0.15, 0.2) is 6.61 Å². The van der Waals surface area contributed by atoms with Crippen molar-refractivity contribution in [2.24, 2.45) is 5.73 Å². The first-order valence-corrected chi connectivity index (χ1v) is 10.4. The van der Waals surface area contributed by atoms with E-state index in [9.17, 15) is 18.0 Å². The summed E-state index contributed by atoms with van der Waals surface area (Å²) in [6.45, 7) is 0.764. The molecular formula is C19H16BrN3O5S. The number of carbonyl (C=O) groups is 2. The minimum atomic E-state index is -3.78. The Morgan fingerprint density at radius 1 is 1.14 bits per heavy atom. The number of benzene rings is 2. The van der Waals surface area contributed by atoms with E-state index in [1.165, 1.54) is 43.3 Å². The minimum Gasteiger partial charge on any atom is -0.454 e. The van der Waals surface area contributed by atoms with E-state index in [1.54, 1.807) is 18.2 Å². The van der Waals surface area contributed by atoms with Crippen LogP contribution in [0.25, 0.3) is 0 Å². The summed E-state index contributed by atoms with van der Waals surface area (Å²) in [5.74, 6) is -1.51. The van der Waals surface area contributed by atoms with Gasteiger partial charge in [-0.05, 0) is 55.5 Å². The van der Waals surface area contributed by atoms with E-state index < -0.39 is 28.4 Å². The highest BCUT2D eigenvalue weighted by Crippen LogP contribution is 2.19. The van der Waals surface area contributed by atoms with Gasteiger partial charge in [0.2, 0.25) is 5.78 Å². The van der Waals surface area contributed by atoms with Crippen molar-refractivity contribution in [1.29, 1.82) is 5.26 Å². The number of hydrogen-bond donors (Lipinski definition) is 2. The predicted octanol–water partition coefficient (Wildman–Crippen LogP) is 2.73. The molecule has 0 saturated heterocycles. The normalized spacial score (nSPS) is 11.8. The summed E-state index contributed by atoms with van der Waals surface area (Å²) in [5, 5.41) is 8.86. The molecule has 3 N–H and O–H groups in total. The highest BCUT2D eigenvalue weighted by molar-refractivity contribution is 9.10. The van der Waals surface area contributed by atoms with Crippen molar-refractivity contribution in [3.8, 4) is 6.07 Å². The lowest BCUT2D eigenvalue weighted by molar-refractivity contribution is -0.118. The molecule has 2 aromatic carbocycles. The Morgan fingerprint density at radius 2 is 1.72 bits per heavy atom. The molecule has 29 heavy (non-hydrogen) atoms. The molecule has 0 spiro atoms. The predicted molar refractivity (Wildman–Crippen MR) is 109 cm³/mol. The van der Waals surface area contributed by atoms with Gasteiger partial charge in [-0.25, -0.2) is 13.2 Å². The number of ether oxygens (including phenoxy) is 1. The van der Waals surface area contributed by atoms with E-state index in [4.69, 9.17) is 15.7 Å². The molecule has 0 saturated carbocycles. The first kappa shape index (κ1) is 22.1. The van der Waals surface area contributed by atoms with Crippen LogP contribution in [0.15, 0.2) is 69.2 Å². The van der Waals surface area contributed by atoms with Gasteiger partial charge in [-0.1, -0.05) is 15.9 Å². The number of carbonyl (C=O) groups excluding carboxylic acids is 2. The maximum absolute atomic E-state index is 12.4. The van der Waals surface area contributed by atoms with Crippen LogP contribution >= 0.6 is 15.9 Å². The average Bonchev–Trinajstić information content (AvgIpc) is 2.67. The lowest BCUT2D eigenvalue weighted by atomic mass is 10.1. The Balaban J connectivity index is 2.03. The summed E-state index contributed by atoms with van der Waals surface area (Å²) in [6.07, 6.45) is 0. The van der Waals surface area contributed by atoms with E-state index in [0.717, 1.165) is 4.47 Å². The van der Waals surface area contributed by atoms with Gasteiger partial charge in [0.05, 0.1) is 10.5 Å². The first-order chi connectivity index (χ1) is 13.6. The molecule has 0 heterocycles. The van der Waals surface area contributed by atoms with Gasteiger partial charge in [0.25, 0.3) is 10.0 Å². The average molecular weight is 478 g/mol. The molecule has 0 aliphatic carbocycles. The number of esters is 1. The Morgan fingerprint density at radius 3 is 2.24 bits per heavy atom. The Kier molecular flexibility index (Phi) is 7.14. The topological polar surface area (TPSA) is 139 Å². The summed E-state index contributed by atoms with van der Waals surface area (Å²) in [4.78, 5) is 23.9. The Hall–Kier alpha value is -3.16. The highest BCUT2D eigenvalue weighted by Gasteiger charge is 2.17. The molecule has 150 valence electrons. The number of nitrogens with two attached hydrogens (primary N) is 1. The number of ketones is 1. The van der Waals surface area contributed by atoms with E-state index in [1.807, 2.05) is 0 Å². The van der Waals surface area contributed by atoms with Crippen molar-refractivity contribution in [1.82, 2.24) is 0 Å². The minimum absolute atomic E-state index is 0.0379. The molecule has 0 aliphatic rings. The quantitative estimate of drug-likeness (QED) is 0.354. The van der Waals surface area contributed by atoms with Crippen molar-refractivity contribution in [3.05, 3.63) is 69.8 Å². The van der Waals surface area contributed by atoms with Crippen molar-refractivity contribution >= 4 is 43.4 Å². The van der Waals surface area contributed by atoms with Crippen LogP contribution in [0.3, 0.4) is 0 Å². The largest absolute Gasteiger partial charge is 0.454 e. The molecule has 0 aromatic heterocycles. The number of sulfonamides is 1. The van der Waals surface area contributed by atoms with Crippen LogP contribution in [-0.2, 0) is 19.6 Å². The maximum Gasteiger partial charge on any atom is 0.338 e. The molecule has 0 bridgehead atoms. The van der Waals surface area contributed by atoms with Crippen LogP contribution in [0.4, 0.5) is 5.69 Å². The van der Waals surface area contributed by atoms with Crippen molar-refractivity contribution in [2.75, 3.05) is 11.3 Å². The zero-order valence-corrected chi connectivity index (χ0v) is 17.6. The van der Waals surface area contributed by atoms with E-state index in [-0.39, 0.29) is 27.4 Å². The first-order valence-electron chi connectivity index (χ1n) is 8.09. The number of nitrogens with zero attached hydrogens (tertiary/aromatic N) is 1. The lowest BCUT2D eigenvalue weighted by Crippen LogP contribution is -2.17. The van der Waals surface area contributed by atoms with Crippen LogP contribution in [0.1, 0.15) is 17.3 Å².